The normalized spacial score (nSPS) is 25.7. The van der Waals surface area contributed by atoms with Crippen LogP contribution in [0.3, 0.4) is 0 Å². The molecule has 0 N–H and O–H groups in total. The van der Waals surface area contributed by atoms with Gasteiger partial charge in [0, 0.05) is 44.8 Å². The van der Waals surface area contributed by atoms with E-state index in [0.717, 1.165) is 39.3 Å². The third kappa shape index (κ3) is 3.31. The Labute approximate surface area is 131 Å². The molecule has 0 aromatic carbocycles. The summed E-state index contributed by atoms with van der Waals surface area (Å²) in [6, 6.07) is 0. The lowest BCUT2D eigenvalue weighted by Crippen LogP contribution is -2.47. The lowest BCUT2D eigenvalue weighted by molar-refractivity contribution is -0.0720. The molecule has 1 atom stereocenters. The number of nitrogens with zero attached hydrogens (tertiary/aromatic N) is 2. The van der Waals surface area contributed by atoms with Crippen LogP contribution in [0, 0.1) is 12.8 Å². The zero-order chi connectivity index (χ0) is 14.7. The molecule has 2 aliphatic heterocycles. The van der Waals surface area contributed by atoms with Gasteiger partial charge in [0.2, 0.25) is 0 Å². The molecular formula is C16H26N2O2S. The van der Waals surface area contributed by atoms with Crippen molar-refractivity contribution in [2.75, 3.05) is 33.4 Å². The molecule has 3 rings (SSSR count). The highest BCUT2D eigenvalue weighted by atomic mass is 32.1. The monoisotopic (exact) mass is 310 g/mol. The van der Waals surface area contributed by atoms with Crippen LogP contribution >= 0.6 is 11.3 Å². The minimum absolute atomic E-state index is 0.137. The molecule has 1 aromatic rings. The number of ether oxygens (including phenoxy) is 2. The summed E-state index contributed by atoms with van der Waals surface area (Å²) in [7, 11) is 1.79. The molecule has 1 aromatic heterocycles. The van der Waals surface area contributed by atoms with E-state index in [1.807, 2.05) is 5.51 Å². The van der Waals surface area contributed by atoms with Crippen molar-refractivity contribution >= 4 is 11.3 Å². The topological polar surface area (TPSA) is 34.6 Å². The Hall–Kier alpha value is -0.490. The molecule has 2 saturated heterocycles. The van der Waals surface area contributed by atoms with E-state index < -0.39 is 0 Å². The number of thiazole rings is 1. The van der Waals surface area contributed by atoms with Crippen LogP contribution in [0.1, 0.15) is 36.3 Å². The van der Waals surface area contributed by atoms with Gasteiger partial charge in [-0.05, 0) is 38.5 Å². The maximum Gasteiger partial charge on any atom is 0.0798 e. The molecule has 4 nitrogen and oxygen atoms in total. The highest BCUT2D eigenvalue weighted by Gasteiger charge is 2.45. The van der Waals surface area contributed by atoms with E-state index in [9.17, 15) is 0 Å². The number of aromatic nitrogens is 1. The van der Waals surface area contributed by atoms with E-state index in [-0.39, 0.29) is 5.60 Å². The fourth-order valence-corrected chi connectivity index (χ4v) is 4.59. The number of piperidine rings is 1. The van der Waals surface area contributed by atoms with Crippen molar-refractivity contribution in [1.82, 2.24) is 9.88 Å². The van der Waals surface area contributed by atoms with Crippen molar-refractivity contribution in [1.29, 1.82) is 0 Å². The van der Waals surface area contributed by atoms with Crippen molar-refractivity contribution in [2.45, 2.75) is 44.8 Å². The summed E-state index contributed by atoms with van der Waals surface area (Å²) in [5.74, 6) is 0.685. The third-order valence-corrected chi connectivity index (χ3v) is 6.10. The molecule has 0 aliphatic carbocycles. The summed E-state index contributed by atoms with van der Waals surface area (Å²) >= 11 is 1.78. The minimum Gasteiger partial charge on any atom is -0.385 e. The van der Waals surface area contributed by atoms with E-state index in [1.54, 1.807) is 18.4 Å². The fourth-order valence-electron chi connectivity index (χ4n) is 3.78. The van der Waals surface area contributed by atoms with E-state index in [4.69, 9.17) is 9.47 Å². The number of rotatable bonds is 5. The van der Waals surface area contributed by atoms with Gasteiger partial charge in [0.25, 0.3) is 0 Å². The molecule has 118 valence electrons. The van der Waals surface area contributed by atoms with Gasteiger partial charge in [-0.2, -0.15) is 0 Å². The second-order valence-corrected chi connectivity index (χ2v) is 7.26. The molecule has 2 aliphatic rings. The van der Waals surface area contributed by atoms with E-state index in [1.165, 1.54) is 29.8 Å². The van der Waals surface area contributed by atoms with Crippen molar-refractivity contribution in [3.63, 3.8) is 0 Å². The Morgan fingerprint density at radius 1 is 1.48 bits per heavy atom. The molecule has 0 radical (unpaired) electrons. The second-order valence-electron chi connectivity index (χ2n) is 6.32. The predicted molar refractivity (Wildman–Crippen MR) is 84.6 cm³/mol. The Morgan fingerprint density at radius 2 is 2.29 bits per heavy atom. The standard InChI is InChI=1S/C16H26N2O2S/c1-13-15(21-12-17-13)11-18-7-5-16(6-8-18)14(3-9-19-2)4-10-20-16/h12,14H,3-11H2,1-2H3. The van der Waals surface area contributed by atoms with E-state index in [2.05, 4.69) is 16.8 Å². The van der Waals surface area contributed by atoms with Gasteiger partial charge in [0.1, 0.15) is 0 Å². The summed E-state index contributed by atoms with van der Waals surface area (Å²) in [5, 5.41) is 0. The summed E-state index contributed by atoms with van der Waals surface area (Å²) < 4.78 is 11.5. The van der Waals surface area contributed by atoms with Crippen LogP contribution in [0.5, 0.6) is 0 Å². The average molecular weight is 310 g/mol. The second kappa shape index (κ2) is 6.73. The summed E-state index contributed by atoms with van der Waals surface area (Å²) in [6.45, 7) is 7.23. The molecular weight excluding hydrogens is 284 g/mol. The first-order chi connectivity index (χ1) is 10.2. The highest BCUT2D eigenvalue weighted by molar-refractivity contribution is 7.09. The van der Waals surface area contributed by atoms with E-state index in [0.29, 0.717) is 5.92 Å². The zero-order valence-corrected chi connectivity index (χ0v) is 14.0. The van der Waals surface area contributed by atoms with Crippen molar-refractivity contribution < 1.29 is 9.47 Å². The summed E-state index contributed by atoms with van der Waals surface area (Å²) in [4.78, 5) is 8.32. The maximum absolute atomic E-state index is 6.21. The van der Waals surface area contributed by atoms with Gasteiger partial charge in [-0.25, -0.2) is 4.98 Å². The van der Waals surface area contributed by atoms with Crippen LogP contribution in [0.25, 0.3) is 0 Å². The summed E-state index contributed by atoms with van der Waals surface area (Å²) in [5.41, 5.74) is 3.28. The van der Waals surface area contributed by atoms with Crippen LogP contribution in [-0.4, -0.2) is 48.9 Å². The first-order valence-corrected chi connectivity index (χ1v) is 8.86. The predicted octanol–water partition coefficient (Wildman–Crippen LogP) is 2.86. The first kappa shape index (κ1) is 15.4. The van der Waals surface area contributed by atoms with Gasteiger partial charge in [0.15, 0.2) is 0 Å². The average Bonchev–Trinajstić information content (AvgIpc) is 3.07. The van der Waals surface area contributed by atoms with Crippen molar-refractivity contribution in [2.24, 2.45) is 5.92 Å². The van der Waals surface area contributed by atoms with Gasteiger partial charge in [-0.3, -0.25) is 4.90 Å². The van der Waals surface area contributed by atoms with Gasteiger partial charge in [-0.15, -0.1) is 11.3 Å². The number of hydrogen-bond donors (Lipinski definition) is 0. The molecule has 2 fully saturated rings. The van der Waals surface area contributed by atoms with Crippen LogP contribution in [0.4, 0.5) is 0 Å². The van der Waals surface area contributed by atoms with Crippen molar-refractivity contribution in [3.8, 4) is 0 Å². The SMILES string of the molecule is COCCC1CCOC12CCN(Cc1scnc1C)CC2. The molecule has 5 heteroatoms. The molecule has 0 saturated carbocycles. The van der Waals surface area contributed by atoms with Crippen LogP contribution < -0.4 is 0 Å². The Kier molecular flexibility index (Phi) is 4.94. The van der Waals surface area contributed by atoms with Gasteiger partial charge < -0.3 is 9.47 Å². The molecule has 0 bridgehead atoms. The Bertz CT molecular complexity index is 455. The molecule has 0 amide bonds. The molecule has 1 spiro atoms. The van der Waals surface area contributed by atoms with Crippen LogP contribution in [0.2, 0.25) is 0 Å². The van der Waals surface area contributed by atoms with Crippen molar-refractivity contribution in [3.05, 3.63) is 16.1 Å². The van der Waals surface area contributed by atoms with E-state index >= 15 is 0 Å². The van der Waals surface area contributed by atoms with Gasteiger partial charge >= 0.3 is 0 Å². The lowest BCUT2D eigenvalue weighted by atomic mass is 9.78. The third-order valence-electron chi connectivity index (χ3n) is 5.18. The quantitative estimate of drug-likeness (QED) is 0.837. The highest BCUT2D eigenvalue weighted by Crippen LogP contribution is 2.42. The van der Waals surface area contributed by atoms with Crippen LogP contribution in [0.15, 0.2) is 5.51 Å². The van der Waals surface area contributed by atoms with Gasteiger partial charge in [0.05, 0.1) is 16.8 Å². The summed E-state index contributed by atoms with van der Waals surface area (Å²) in [6.07, 6.45) is 4.68. The smallest absolute Gasteiger partial charge is 0.0798 e. The minimum atomic E-state index is 0.137. The number of hydrogen-bond acceptors (Lipinski definition) is 5. The zero-order valence-electron chi connectivity index (χ0n) is 13.1. The fraction of sp³-hybridized carbons (Fsp3) is 0.812. The molecule has 21 heavy (non-hydrogen) atoms. The largest absolute Gasteiger partial charge is 0.385 e. The maximum atomic E-state index is 6.21. The van der Waals surface area contributed by atoms with Crippen LogP contribution in [-0.2, 0) is 16.0 Å². The molecule has 1 unspecified atom stereocenters. The van der Waals surface area contributed by atoms with Gasteiger partial charge in [-0.1, -0.05) is 0 Å². The lowest BCUT2D eigenvalue weighted by Gasteiger charge is -2.42. The Balaban J connectivity index is 1.55. The number of aryl methyl sites for hydroxylation is 1. The Morgan fingerprint density at radius 3 is 2.95 bits per heavy atom. The molecule has 3 heterocycles. The number of methoxy groups -OCH3 is 1. The number of likely N-dealkylation sites (tertiary alicyclic amines) is 1. The first-order valence-electron chi connectivity index (χ1n) is 7.98.